The van der Waals surface area contributed by atoms with Gasteiger partial charge in [-0.15, -0.1) is 0 Å². The van der Waals surface area contributed by atoms with E-state index in [-0.39, 0.29) is 12.5 Å². The number of fused-ring (bicyclic) bond motifs is 1. The molecule has 0 unspecified atom stereocenters. The summed E-state index contributed by atoms with van der Waals surface area (Å²) >= 11 is 0. The molecule has 0 bridgehead atoms. The lowest BCUT2D eigenvalue weighted by molar-refractivity contribution is -0.113. The van der Waals surface area contributed by atoms with Crippen LogP contribution in [0.1, 0.15) is 5.56 Å². The van der Waals surface area contributed by atoms with E-state index in [4.69, 9.17) is 14.2 Å². The van der Waals surface area contributed by atoms with Gasteiger partial charge >= 0.3 is 0 Å². The molecule has 0 aromatic heterocycles. The minimum absolute atomic E-state index is 0.191. The monoisotopic (exact) mass is 311 g/mol. The van der Waals surface area contributed by atoms with Gasteiger partial charge in [0.1, 0.15) is 12.4 Å². The Labute approximate surface area is 134 Å². The van der Waals surface area contributed by atoms with Crippen LogP contribution >= 0.6 is 0 Å². The second-order valence-electron chi connectivity index (χ2n) is 5.02. The number of hydrogen-bond acceptors (Lipinski definition) is 4. The molecular formula is C18H17NO4. The van der Waals surface area contributed by atoms with Crippen LogP contribution in [0.3, 0.4) is 0 Å². The number of ether oxygens (including phenoxy) is 3. The Kier molecular flexibility index (Phi) is 4.19. The summed E-state index contributed by atoms with van der Waals surface area (Å²) in [7, 11) is 3.19. The Morgan fingerprint density at radius 2 is 1.87 bits per heavy atom. The molecule has 118 valence electrons. The Balaban J connectivity index is 1.78. The number of anilines is 1. The van der Waals surface area contributed by atoms with Crippen LogP contribution < -0.4 is 19.5 Å². The van der Waals surface area contributed by atoms with E-state index >= 15 is 0 Å². The molecule has 0 fully saturated rings. The fourth-order valence-electron chi connectivity index (χ4n) is 2.36. The topological polar surface area (TPSA) is 56.8 Å². The zero-order chi connectivity index (χ0) is 16.2. The number of hydrogen-bond donors (Lipinski definition) is 1. The van der Waals surface area contributed by atoms with Crippen molar-refractivity contribution in [2.24, 2.45) is 0 Å². The van der Waals surface area contributed by atoms with Crippen molar-refractivity contribution >= 4 is 17.7 Å². The SMILES string of the molecule is COc1ccc(NC(=O)C2=Cc3cccc(OC)c3OC2)cc1. The normalized spacial score (nSPS) is 12.5. The molecule has 1 aliphatic rings. The third kappa shape index (κ3) is 3.13. The van der Waals surface area contributed by atoms with E-state index in [0.717, 1.165) is 11.3 Å². The van der Waals surface area contributed by atoms with Gasteiger partial charge in [0.2, 0.25) is 0 Å². The first-order valence-electron chi connectivity index (χ1n) is 7.17. The maximum Gasteiger partial charge on any atom is 0.255 e. The summed E-state index contributed by atoms with van der Waals surface area (Å²) in [4.78, 5) is 12.4. The molecule has 23 heavy (non-hydrogen) atoms. The van der Waals surface area contributed by atoms with Crippen LogP contribution in [-0.4, -0.2) is 26.7 Å². The first kappa shape index (κ1) is 15.0. The maximum atomic E-state index is 12.4. The zero-order valence-electron chi connectivity index (χ0n) is 13.0. The molecule has 5 heteroatoms. The lowest BCUT2D eigenvalue weighted by Gasteiger charge is -2.19. The van der Waals surface area contributed by atoms with Crippen molar-refractivity contribution in [1.29, 1.82) is 0 Å². The predicted molar refractivity (Wildman–Crippen MR) is 88.1 cm³/mol. The number of benzene rings is 2. The summed E-state index contributed by atoms with van der Waals surface area (Å²) in [5.74, 6) is 1.87. The molecule has 0 saturated carbocycles. The molecule has 5 nitrogen and oxygen atoms in total. The van der Waals surface area contributed by atoms with Crippen LogP contribution in [0.5, 0.6) is 17.2 Å². The van der Waals surface area contributed by atoms with Gasteiger partial charge in [0.05, 0.1) is 19.8 Å². The highest BCUT2D eigenvalue weighted by Gasteiger charge is 2.20. The lowest BCUT2D eigenvalue weighted by atomic mass is 10.1. The molecular weight excluding hydrogens is 294 g/mol. The van der Waals surface area contributed by atoms with E-state index in [1.54, 1.807) is 38.5 Å². The summed E-state index contributed by atoms with van der Waals surface area (Å²) in [6.07, 6.45) is 1.82. The van der Waals surface area contributed by atoms with Crippen molar-refractivity contribution in [3.05, 3.63) is 53.6 Å². The van der Waals surface area contributed by atoms with Gasteiger partial charge in [0.15, 0.2) is 11.5 Å². The smallest absolute Gasteiger partial charge is 0.255 e. The average molecular weight is 311 g/mol. The van der Waals surface area contributed by atoms with Gasteiger partial charge in [-0.3, -0.25) is 4.79 Å². The molecule has 0 atom stereocenters. The Morgan fingerprint density at radius 1 is 1.09 bits per heavy atom. The van der Waals surface area contributed by atoms with Crippen LogP contribution in [-0.2, 0) is 4.79 Å². The van der Waals surface area contributed by atoms with E-state index in [1.165, 1.54) is 0 Å². The maximum absolute atomic E-state index is 12.4. The van der Waals surface area contributed by atoms with Crippen molar-refractivity contribution < 1.29 is 19.0 Å². The van der Waals surface area contributed by atoms with Crippen LogP contribution in [0.2, 0.25) is 0 Å². The van der Waals surface area contributed by atoms with Crippen LogP contribution in [0, 0.1) is 0 Å². The van der Waals surface area contributed by atoms with E-state index in [1.807, 2.05) is 24.3 Å². The summed E-state index contributed by atoms with van der Waals surface area (Å²) < 4.78 is 16.0. The highest BCUT2D eigenvalue weighted by Crippen LogP contribution is 2.35. The van der Waals surface area contributed by atoms with E-state index in [9.17, 15) is 4.79 Å². The van der Waals surface area contributed by atoms with Crippen molar-refractivity contribution in [2.45, 2.75) is 0 Å². The van der Waals surface area contributed by atoms with Crippen molar-refractivity contribution in [3.63, 3.8) is 0 Å². The van der Waals surface area contributed by atoms with E-state index in [2.05, 4.69) is 5.32 Å². The van der Waals surface area contributed by atoms with Gasteiger partial charge in [0, 0.05) is 11.3 Å². The lowest BCUT2D eigenvalue weighted by Crippen LogP contribution is -2.21. The minimum Gasteiger partial charge on any atom is -0.497 e. The molecule has 1 N–H and O–H groups in total. The fraction of sp³-hybridized carbons (Fsp3) is 0.167. The molecule has 0 spiro atoms. The van der Waals surface area contributed by atoms with Crippen LogP contribution in [0.4, 0.5) is 5.69 Å². The van der Waals surface area contributed by atoms with Gasteiger partial charge in [-0.1, -0.05) is 12.1 Å². The van der Waals surface area contributed by atoms with Crippen molar-refractivity contribution in [2.75, 3.05) is 26.1 Å². The minimum atomic E-state index is -0.191. The number of carbonyl (C=O) groups is 1. The first-order chi connectivity index (χ1) is 11.2. The highest BCUT2D eigenvalue weighted by atomic mass is 16.5. The number of rotatable bonds is 4. The van der Waals surface area contributed by atoms with Gasteiger partial charge in [-0.05, 0) is 36.4 Å². The summed E-state index contributed by atoms with van der Waals surface area (Å²) in [6, 6.07) is 12.7. The fourth-order valence-corrected chi connectivity index (χ4v) is 2.36. The Morgan fingerprint density at radius 3 is 2.57 bits per heavy atom. The molecule has 2 aromatic carbocycles. The van der Waals surface area contributed by atoms with E-state index in [0.29, 0.717) is 22.8 Å². The molecule has 2 aromatic rings. The highest BCUT2D eigenvalue weighted by molar-refractivity contribution is 6.07. The standard InChI is InChI=1S/C18H17NO4/c1-21-15-8-6-14(7-9-15)19-18(20)13-10-12-4-3-5-16(22-2)17(12)23-11-13/h3-10H,11H2,1-2H3,(H,19,20). The molecule has 1 aliphatic heterocycles. The van der Waals surface area contributed by atoms with Crippen LogP contribution in [0.15, 0.2) is 48.0 Å². The predicted octanol–water partition coefficient (Wildman–Crippen LogP) is 3.12. The largest absolute Gasteiger partial charge is 0.497 e. The molecule has 0 saturated heterocycles. The second kappa shape index (κ2) is 6.44. The number of carbonyl (C=O) groups excluding carboxylic acids is 1. The third-order valence-corrected chi connectivity index (χ3v) is 3.57. The number of methoxy groups -OCH3 is 2. The van der Waals surface area contributed by atoms with Gasteiger partial charge in [-0.25, -0.2) is 0 Å². The van der Waals surface area contributed by atoms with Crippen molar-refractivity contribution in [3.8, 4) is 17.2 Å². The second-order valence-corrected chi connectivity index (χ2v) is 5.02. The quantitative estimate of drug-likeness (QED) is 0.942. The van der Waals surface area contributed by atoms with Gasteiger partial charge < -0.3 is 19.5 Å². The third-order valence-electron chi connectivity index (χ3n) is 3.57. The molecule has 0 radical (unpaired) electrons. The summed E-state index contributed by atoms with van der Waals surface area (Å²) in [5.41, 5.74) is 2.09. The molecule has 1 heterocycles. The average Bonchev–Trinajstić information content (AvgIpc) is 2.61. The first-order valence-corrected chi connectivity index (χ1v) is 7.17. The summed E-state index contributed by atoms with van der Waals surface area (Å²) in [6.45, 7) is 0.204. The molecule has 0 aliphatic carbocycles. The number of amides is 1. The molecule has 1 amide bonds. The number of nitrogens with one attached hydrogen (secondary N) is 1. The van der Waals surface area contributed by atoms with Crippen LogP contribution in [0.25, 0.3) is 6.08 Å². The van der Waals surface area contributed by atoms with Gasteiger partial charge in [0.25, 0.3) is 5.91 Å². The van der Waals surface area contributed by atoms with Crippen molar-refractivity contribution in [1.82, 2.24) is 0 Å². The zero-order valence-corrected chi connectivity index (χ0v) is 13.0. The molecule has 3 rings (SSSR count). The Hall–Kier alpha value is -2.95. The van der Waals surface area contributed by atoms with E-state index < -0.39 is 0 Å². The summed E-state index contributed by atoms with van der Waals surface area (Å²) in [5, 5.41) is 2.85. The Bertz CT molecular complexity index is 750. The number of para-hydroxylation sites is 1. The van der Waals surface area contributed by atoms with Gasteiger partial charge in [-0.2, -0.15) is 0 Å².